The van der Waals surface area contributed by atoms with Crippen LogP contribution in [0.1, 0.15) is 52.9 Å². The molecule has 6 nitrogen and oxygen atoms in total. The maximum absolute atomic E-state index is 12.6. The van der Waals surface area contributed by atoms with Crippen molar-refractivity contribution in [1.82, 2.24) is 20.0 Å². The summed E-state index contributed by atoms with van der Waals surface area (Å²) in [6, 6.07) is 0.00401. The maximum atomic E-state index is 12.6. The summed E-state index contributed by atoms with van der Waals surface area (Å²) in [5.74, 6) is 1.35. The fourth-order valence-electron chi connectivity index (χ4n) is 3.65. The van der Waals surface area contributed by atoms with Gasteiger partial charge in [0.25, 0.3) is 0 Å². The molecule has 2 aliphatic heterocycles. The van der Waals surface area contributed by atoms with E-state index in [1.807, 2.05) is 4.90 Å². The van der Waals surface area contributed by atoms with E-state index < -0.39 is 0 Å². The third kappa shape index (κ3) is 5.87. The van der Waals surface area contributed by atoms with Gasteiger partial charge in [-0.15, -0.1) is 0 Å². The fraction of sp³-hybridized carbons (Fsp3) is 0.895. The highest BCUT2D eigenvalue weighted by Crippen LogP contribution is 2.14. The number of rotatable bonds is 7. The average Bonchev–Trinajstić information content (AvgIpc) is 3.18. The van der Waals surface area contributed by atoms with Gasteiger partial charge in [-0.25, -0.2) is 0 Å². The number of unbranched alkanes of at least 4 members (excludes halogenated alkanes) is 2. The number of hydrogen-bond acceptors (Lipinski definition) is 3. The monoisotopic (exact) mass is 351 g/mol. The summed E-state index contributed by atoms with van der Waals surface area (Å²) in [6.07, 6.45) is 5.95. The lowest BCUT2D eigenvalue weighted by Gasteiger charge is -2.39. The Hall–Kier alpha value is -1.30. The number of carbonyl (C=O) groups is 1. The first-order valence-electron chi connectivity index (χ1n) is 10.2. The molecule has 0 saturated carbocycles. The second-order valence-electron chi connectivity index (χ2n) is 7.17. The summed E-state index contributed by atoms with van der Waals surface area (Å²) < 4.78 is 0. The van der Waals surface area contributed by atoms with Crippen LogP contribution in [-0.4, -0.2) is 85.0 Å². The first-order chi connectivity index (χ1) is 12.2. The van der Waals surface area contributed by atoms with E-state index in [1.165, 1.54) is 12.8 Å². The predicted octanol–water partition coefficient (Wildman–Crippen LogP) is 1.77. The van der Waals surface area contributed by atoms with Gasteiger partial charge in [-0.1, -0.05) is 19.8 Å². The summed E-state index contributed by atoms with van der Waals surface area (Å²) in [5.41, 5.74) is 0. The molecule has 0 spiro atoms. The molecule has 144 valence electrons. The normalized spacial score (nSPS) is 20.8. The number of aliphatic imine (C=N–C) groups is 1. The smallest absolute Gasteiger partial charge is 0.239 e. The van der Waals surface area contributed by atoms with Crippen LogP contribution in [0.5, 0.6) is 0 Å². The highest BCUT2D eigenvalue weighted by molar-refractivity contribution is 5.82. The van der Waals surface area contributed by atoms with Gasteiger partial charge < -0.3 is 15.1 Å². The second kappa shape index (κ2) is 10.6. The molecule has 0 bridgehead atoms. The third-order valence-electron chi connectivity index (χ3n) is 5.29. The van der Waals surface area contributed by atoms with Gasteiger partial charge in [0.05, 0.1) is 6.04 Å². The van der Waals surface area contributed by atoms with Crippen molar-refractivity contribution in [3.05, 3.63) is 0 Å². The van der Waals surface area contributed by atoms with Crippen molar-refractivity contribution in [3.8, 4) is 0 Å². The Bertz CT molecular complexity index is 426. The van der Waals surface area contributed by atoms with Gasteiger partial charge in [0.15, 0.2) is 5.96 Å². The molecule has 2 rings (SSSR count). The minimum atomic E-state index is 0.00401. The predicted molar refractivity (Wildman–Crippen MR) is 104 cm³/mol. The van der Waals surface area contributed by atoms with Gasteiger partial charge in [0.2, 0.25) is 5.91 Å². The van der Waals surface area contributed by atoms with Gasteiger partial charge in [0, 0.05) is 52.4 Å². The van der Waals surface area contributed by atoms with E-state index in [9.17, 15) is 4.79 Å². The quantitative estimate of drug-likeness (QED) is 0.431. The number of amides is 1. The molecule has 0 aromatic rings. The second-order valence-corrected chi connectivity index (χ2v) is 7.17. The van der Waals surface area contributed by atoms with Crippen LogP contribution in [0.25, 0.3) is 0 Å². The molecule has 0 radical (unpaired) electrons. The summed E-state index contributed by atoms with van der Waals surface area (Å²) in [6.45, 7) is 13.8. The Kier molecular flexibility index (Phi) is 8.52. The largest absolute Gasteiger partial charge is 0.357 e. The van der Waals surface area contributed by atoms with E-state index >= 15 is 0 Å². The number of piperazine rings is 1. The van der Waals surface area contributed by atoms with Crippen molar-refractivity contribution in [1.29, 1.82) is 0 Å². The van der Waals surface area contributed by atoms with Crippen molar-refractivity contribution in [2.45, 2.75) is 58.9 Å². The van der Waals surface area contributed by atoms with Crippen molar-refractivity contribution in [2.75, 3.05) is 52.4 Å². The lowest BCUT2D eigenvalue weighted by atomic mass is 10.2. The molecule has 2 aliphatic rings. The van der Waals surface area contributed by atoms with Gasteiger partial charge >= 0.3 is 0 Å². The zero-order valence-corrected chi connectivity index (χ0v) is 16.5. The number of nitrogens with zero attached hydrogens (tertiary/aromatic N) is 4. The van der Waals surface area contributed by atoms with E-state index in [1.54, 1.807) is 0 Å². The Morgan fingerprint density at radius 3 is 2.28 bits per heavy atom. The van der Waals surface area contributed by atoms with E-state index in [0.29, 0.717) is 5.91 Å². The molecule has 2 heterocycles. The molecule has 1 amide bonds. The van der Waals surface area contributed by atoms with E-state index in [-0.39, 0.29) is 6.04 Å². The molecule has 0 aromatic heterocycles. The number of carbonyl (C=O) groups excluding carboxylic acids is 1. The molecule has 6 heteroatoms. The summed E-state index contributed by atoms with van der Waals surface area (Å²) in [5, 5.41) is 3.42. The first kappa shape index (κ1) is 20.0. The molecule has 25 heavy (non-hydrogen) atoms. The average molecular weight is 352 g/mol. The van der Waals surface area contributed by atoms with Gasteiger partial charge in [0.1, 0.15) is 0 Å². The molecule has 1 unspecified atom stereocenters. The summed E-state index contributed by atoms with van der Waals surface area (Å²) >= 11 is 0. The first-order valence-corrected chi connectivity index (χ1v) is 10.2. The van der Waals surface area contributed by atoms with Crippen molar-refractivity contribution < 1.29 is 4.79 Å². The van der Waals surface area contributed by atoms with E-state index in [4.69, 9.17) is 4.99 Å². The molecule has 1 N–H and O–H groups in total. The molecular weight excluding hydrogens is 314 g/mol. The van der Waals surface area contributed by atoms with Gasteiger partial charge in [-0.3, -0.25) is 14.7 Å². The third-order valence-corrected chi connectivity index (χ3v) is 5.29. The zero-order chi connectivity index (χ0) is 18.1. The van der Waals surface area contributed by atoms with Crippen LogP contribution in [0.4, 0.5) is 0 Å². The molecule has 0 aliphatic carbocycles. The minimum Gasteiger partial charge on any atom is -0.357 e. The Morgan fingerprint density at radius 2 is 1.68 bits per heavy atom. The highest BCUT2D eigenvalue weighted by atomic mass is 16.2. The molecule has 1 atom stereocenters. The Morgan fingerprint density at radius 1 is 1.00 bits per heavy atom. The van der Waals surface area contributed by atoms with Crippen molar-refractivity contribution in [3.63, 3.8) is 0 Å². The van der Waals surface area contributed by atoms with Crippen molar-refractivity contribution >= 4 is 11.9 Å². The lowest BCUT2D eigenvalue weighted by molar-refractivity contribution is -0.135. The summed E-state index contributed by atoms with van der Waals surface area (Å²) in [7, 11) is 0. The van der Waals surface area contributed by atoms with E-state index in [0.717, 1.165) is 77.6 Å². The topological polar surface area (TPSA) is 51.2 Å². The van der Waals surface area contributed by atoms with Crippen molar-refractivity contribution in [2.24, 2.45) is 4.99 Å². The number of hydrogen-bond donors (Lipinski definition) is 1. The fourth-order valence-corrected chi connectivity index (χ4v) is 3.65. The minimum absolute atomic E-state index is 0.00401. The van der Waals surface area contributed by atoms with Gasteiger partial charge in [-0.05, 0) is 33.1 Å². The summed E-state index contributed by atoms with van der Waals surface area (Å²) in [4.78, 5) is 24.1. The molecule has 2 saturated heterocycles. The number of guanidine groups is 1. The zero-order valence-electron chi connectivity index (χ0n) is 16.5. The van der Waals surface area contributed by atoms with Crippen LogP contribution >= 0.6 is 0 Å². The standard InChI is InChI=1S/C19H37N5O/c1-4-6-7-10-21-19(20-5-2)24-15-13-22(14-16-24)17(3)18(25)23-11-8-9-12-23/h17H,4-16H2,1-3H3,(H,20,21). The lowest BCUT2D eigenvalue weighted by Crippen LogP contribution is -2.57. The maximum Gasteiger partial charge on any atom is 0.239 e. The van der Waals surface area contributed by atoms with Crippen LogP contribution < -0.4 is 5.32 Å². The number of nitrogens with one attached hydrogen (secondary N) is 1. The van der Waals surface area contributed by atoms with Crippen LogP contribution in [0, 0.1) is 0 Å². The SMILES string of the molecule is CCCCCN=C(NCC)N1CCN(C(C)C(=O)N2CCCC2)CC1. The van der Waals surface area contributed by atoms with Gasteiger partial charge in [-0.2, -0.15) is 0 Å². The van der Waals surface area contributed by atoms with Crippen LogP contribution in [0.3, 0.4) is 0 Å². The van der Waals surface area contributed by atoms with Crippen LogP contribution in [0.15, 0.2) is 4.99 Å². The molecule has 0 aromatic carbocycles. The van der Waals surface area contributed by atoms with Crippen LogP contribution in [0.2, 0.25) is 0 Å². The molecular formula is C19H37N5O. The Labute approximate surface area is 153 Å². The van der Waals surface area contributed by atoms with Crippen LogP contribution in [-0.2, 0) is 4.79 Å². The number of likely N-dealkylation sites (tertiary alicyclic amines) is 1. The molecule has 2 fully saturated rings. The van der Waals surface area contributed by atoms with E-state index in [2.05, 4.69) is 35.9 Å². The Balaban J connectivity index is 1.82. The highest BCUT2D eigenvalue weighted by Gasteiger charge is 2.30.